The summed E-state index contributed by atoms with van der Waals surface area (Å²) in [5, 5.41) is 3.17. The summed E-state index contributed by atoms with van der Waals surface area (Å²) < 4.78 is 0. The van der Waals surface area contributed by atoms with Crippen molar-refractivity contribution in [3.63, 3.8) is 0 Å². The molecular weight excluding hydrogens is 364 g/mol. The number of carbonyl (C=O) groups excluding carboxylic acids is 3. The summed E-state index contributed by atoms with van der Waals surface area (Å²) in [6.45, 7) is -0.153. The van der Waals surface area contributed by atoms with Crippen molar-refractivity contribution in [2.75, 3.05) is 6.54 Å². The van der Waals surface area contributed by atoms with Crippen LogP contribution in [0.4, 0.5) is 0 Å². The van der Waals surface area contributed by atoms with Crippen molar-refractivity contribution in [1.29, 1.82) is 0 Å². The first kappa shape index (κ1) is 18.6. The molecule has 3 amide bonds. The van der Waals surface area contributed by atoms with Crippen molar-refractivity contribution in [3.8, 4) is 0 Å². The zero-order valence-corrected chi connectivity index (χ0v) is 16.6. The first-order chi connectivity index (χ1) is 14.1. The van der Waals surface area contributed by atoms with Crippen LogP contribution >= 0.6 is 0 Å². The number of carbonyl (C=O) groups is 3. The standard InChI is InChI=1S/C24H28N2O3/c27-19(14-26-23(28)20-17-11-12-18(13-17)21(20)24(26)29)25-22(15-7-3-1-4-8-15)16-9-5-2-6-10-16/h1,3-4,7-8,11-12,16-18,20-22H,2,5-6,9-10,13-14H2,(H,25,27). The second-order valence-electron chi connectivity index (χ2n) is 9.12. The maximum atomic E-state index is 12.9. The van der Waals surface area contributed by atoms with Gasteiger partial charge in [0.05, 0.1) is 17.9 Å². The number of benzene rings is 1. The van der Waals surface area contributed by atoms with Crippen molar-refractivity contribution in [2.45, 2.75) is 44.6 Å². The molecule has 2 bridgehead atoms. The number of fused-ring (bicyclic) bond motifs is 5. The van der Waals surface area contributed by atoms with E-state index in [4.69, 9.17) is 0 Å². The fourth-order valence-electron chi connectivity index (χ4n) is 6.08. The Bertz CT molecular complexity index is 813. The predicted molar refractivity (Wildman–Crippen MR) is 108 cm³/mol. The van der Waals surface area contributed by atoms with Gasteiger partial charge in [-0.1, -0.05) is 61.7 Å². The minimum Gasteiger partial charge on any atom is -0.347 e. The number of nitrogens with zero attached hydrogens (tertiary/aromatic N) is 1. The topological polar surface area (TPSA) is 66.5 Å². The summed E-state index contributed by atoms with van der Waals surface area (Å²) in [6, 6.07) is 10.0. The van der Waals surface area contributed by atoms with Gasteiger partial charge in [0.15, 0.2) is 0 Å². The fraction of sp³-hybridized carbons (Fsp3) is 0.542. The van der Waals surface area contributed by atoms with E-state index in [0.29, 0.717) is 5.92 Å². The first-order valence-corrected chi connectivity index (χ1v) is 11.0. The second kappa shape index (κ2) is 7.43. The van der Waals surface area contributed by atoms with Crippen LogP contribution in [0.15, 0.2) is 42.5 Å². The van der Waals surface area contributed by atoms with Crippen LogP contribution in [-0.4, -0.2) is 29.2 Å². The van der Waals surface area contributed by atoms with Gasteiger partial charge >= 0.3 is 0 Å². The third-order valence-corrected chi connectivity index (χ3v) is 7.46. The van der Waals surface area contributed by atoms with Crippen LogP contribution in [0.3, 0.4) is 0 Å². The lowest BCUT2D eigenvalue weighted by Crippen LogP contribution is -2.44. The highest BCUT2D eigenvalue weighted by molar-refractivity contribution is 6.08. The van der Waals surface area contributed by atoms with E-state index in [1.807, 2.05) is 18.2 Å². The Hall–Kier alpha value is -2.43. The molecule has 5 rings (SSSR count). The van der Waals surface area contributed by atoms with E-state index < -0.39 is 0 Å². The van der Waals surface area contributed by atoms with E-state index in [-0.39, 0.29) is 54.0 Å². The summed E-state index contributed by atoms with van der Waals surface area (Å²) in [5.41, 5.74) is 1.10. The summed E-state index contributed by atoms with van der Waals surface area (Å²) in [5.74, 6) is -0.266. The van der Waals surface area contributed by atoms with E-state index >= 15 is 0 Å². The molecule has 152 valence electrons. The molecule has 5 unspecified atom stereocenters. The molecular formula is C24H28N2O3. The first-order valence-electron chi connectivity index (χ1n) is 11.0. The zero-order valence-electron chi connectivity index (χ0n) is 16.6. The molecule has 1 aliphatic heterocycles. The monoisotopic (exact) mass is 392 g/mol. The molecule has 29 heavy (non-hydrogen) atoms. The number of amides is 3. The van der Waals surface area contributed by atoms with Gasteiger partial charge in [-0.3, -0.25) is 19.3 Å². The average Bonchev–Trinajstić information content (AvgIpc) is 3.43. The fourth-order valence-corrected chi connectivity index (χ4v) is 6.08. The molecule has 0 spiro atoms. The molecule has 5 heteroatoms. The van der Waals surface area contributed by atoms with E-state index in [2.05, 4.69) is 29.6 Å². The van der Waals surface area contributed by atoms with E-state index in [0.717, 1.165) is 24.8 Å². The Morgan fingerprint density at radius 2 is 1.59 bits per heavy atom. The average molecular weight is 392 g/mol. The normalized spacial score (nSPS) is 31.9. The molecule has 1 aromatic carbocycles. The minimum atomic E-state index is -0.242. The Balaban J connectivity index is 1.30. The van der Waals surface area contributed by atoms with Gasteiger partial charge in [0.2, 0.25) is 17.7 Å². The largest absolute Gasteiger partial charge is 0.347 e. The molecule has 5 atom stereocenters. The third kappa shape index (κ3) is 3.21. The van der Waals surface area contributed by atoms with Crippen LogP contribution < -0.4 is 5.32 Å². The van der Waals surface area contributed by atoms with Crippen LogP contribution in [0.25, 0.3) is 0 Å². The quantitative estimate of drug-likeness (QED) is 0.618. The van der Waals surface area contributed by atoms with Gasteiger partial charge in [0, 0.05) is 0 Å². The van der Waals surface area contributed by atoms with Gasteiger partial charge < -0.3 is 5.32 Å². The van der Waals surface area contributed by atoms with Crippen molar-refractivity contribution < 1.29 is 14.4 Å². The molecule has 1 heterocycles. The molecule has 3 fully saturated rings. The molecule has 5 nitrogen and oxygen atoms in total. The molecule has 1 aromatic rings. The number of allylic oxidation sites excluding steroid dienone is 2. The van der Waals surface area contributed by atoms with Gasteiger partial charge in [0.1, 0.15) is 6.54 Å². The lowest BCUT2D eigenvalue weighted by molar-refractivity contribution is -0.144. The SMILES string of the molecule is O=C(CN1C(=O)C2C3C=CC(C3)C2C1=O)NC(c1ccccc1)C1CCCCC1. The Labute approximate surface area is 171 Å². The highest BCUT2D eigenvalue weighted by atomic mass is 16.2. The van der Waals surface area contributed by atoms with Gasteiger partial charge in [-0.25, -0.2) is 0 Å². The van der Waals surface area contributed by atoms with Crippen LogP contribution in [0.5, 0.6) is 0 Å². The molecule has 4 aliphatic rings. The Kier molecular flexibility index (Phi) is 4.76. The second-order valence-corrected chi connectivity index (χ2v) is 9.12. The molecule has 2 saturated carbocycles. The molecule has 1 N–H and O–H groups in total. The van der Waals surface area contributed by atoms with E-state index in [1.54, 1.807) is 0 Å². The maximum absolute atomic E-state index is 12.9. The van der Waals surface area contributed by atoms with Crippen molar-refractivity contribution in [1.82, 2.24) is 10.2 Å². The third-order valence-electron chi connectivity index (χ3n) is 7.46. The summed E-state index contributed by atoms with van der Waals surface area (Å²) >= 11 is 0. The summed E-state index contributed by atoms with van der Waals surface area (Å²) in [6.07, 6.45) is 10.9. The number of nitrogens with one attached hydrogen (secondary N) is 1. The van der Waals surface area contributed by atoms with Crippen LogP contribution in [0.1, 0.15) is 50.1 Å². The van der Waals surface area contributed by atoms with Crippen LogP contribution in [-0.2, 0) is 14.4 Å². The zero-order chi connectivity index (χ0) is 20.0. The highest BCUT2D eigenvalue weighted by Crippen LogP contribution is 2.52. The van der Waals surface area contributed by atoms with Gasteiger partial charge in [-0.05, 0) is 42.6 Å². The van der Waals surface area contributed by atoms with Crippen molar-refractivity contribution >= 4 is 17.7 Å². The van der Waals surface area contributed by atoms with Crippen LogP contribution in [0.2, 0.25) is 0 Å². The number of hydrogen-bond acceptors (Lipinski definition) is 3. The number of imide groups is 1. The molecule has 3 aliphatic carbocycles. The highest BCUT2D eigenvalue weighted by Gasteiger charge is 2.59. The van der Waals surface area contributed by atoms with Gasteiger partial charge in [-0.15, -0.1) is 0 Å². The van der Waals surface area contributed by atoms with Crippen LogP contribution in [0, 0.1) is 29.6 Å². The van der Waals surface area contributed by atoms with E-state index in [1.165, 1.54) is 24.2 Å². The van der Waals surface area contributed by atoms with Crippen molar-refractivity contribution in [3.05, 3.63) is 48.0 Å². The smallest absolute Gasteiger partial charge is 0.240 e. The lowest BCUT2D eigenvalue weighted by atomic mass is 9.81. The molecule has 0 aromatic heterocycles. The molecule has 1 saturated heterocycles. The van der Waals surface area contributed by atoms with Gasteiger partial charge in [0.25, 0.3) is 0 Å². The number of hydrogen-bond donors (Lipinski definition) is 1. The van der Waals surface area contributed by atoms with E-state index in [9.17, 15) is 14.4 Å². The summed E-state index contributed by atoms with van der Waals surface area (Å²) in [4.78, 5) is 39.9. The van der Waals surface area contributed by atoms with Crippen molar-refractivity contribution in [2.24, 2.45) is 29.6 Å². The molecule has 0 radical (unpaired) electrons. The number of likely N-dealkylation sites (tertiary alicyclic amines) is 1. The van der Waals surface area contributed by atoms with Gasteiger partial charge in [-0.2, -0.15) is 0 Å². The lowest BCUT2D eigenvalue weighted by Gasteiger charge is -2.32. The minimum absolute atomic E-state index is 0.0610. The Morgan fingerprint density at radius 1 is 0.966 bits per heavy atom. The number of rotatable bonds is 5. The Morgan fingerprint density at radius 3 is 2.21 bits per heavy atom. The predicted octanol–water partition coefficient (Wildman–Crippen LogP) is 3.23. The summed E-state index contributed by atoms with van der Waals surface area (Å²) in [7, 11) is 0. The maximum Gasteiger partial charge on any atom is 0.240 e.